The first-order valence-electron chi connectivity index (χ1n) is 10.3. The molecule has 0 aliphatic carbocycles. The molecule has 32 heavy (non-hydrogen) atoms. The van der Waals surface area contributed by atoms with Crippen molar-refractivity contribution in [2.75, 3.05) is 18.6 Å². The molecule has 1 aliphatic rings. The van der Waals surface area contributed by atoms with Crippen molar-refractivity contribution in [1.29, 1.82) is 0 Å². The Hall–Kier alpha value is -3.04. The van der Waals surface area contributed by atoms with Crippen LogP contribution in [0.25, 0.3) is 0 Å². The lowest BCUT2D eigenvalue weighted by atomic mass is 9.94. The zero-order valence-corrected chi connectivity index (χ0v) is 18.8. The number of aromatic carboxylic acids is 1. The molecule has 2 amide bonds. The van der Waals surface area contributed by atoms with E-state index in [1.807, 2.05) is 31.2 Å². The Morgan fingerprint density at radius 2 is 1.91 bits per heavy atom. The van der Waals surface area contributed by atoms with E-state index < -0.39 is 23.2 Å². The number of hydrogen-bond donors (Lipinski definition) is 3. The molecule has 170 valence electrons. The summed E-state index contributed by atoms with van der Waals surface area (Å²) in [5, 5.41) is 18.3. The van der Waals surface area contributed by atoms with E-state index in [4.69, 9.17) is 9.94 Å². The van der Waals surface area contributed by atoms with Gasteiger partial charge in [0.25, 0.3) is 5.91 Å². The molecule has 0 aromatic heterocycles. The minimum Gasteiger partial charge on any atom is -0.497 e. The Bertz CT molecular complexity index is 1010. The molecule has 1 unspecified atom stereocenters. The van der Waals surface area contributed by atoms with Gasteiger partial charge in [0, 0.05) is 4.90 Å². The number of nitrogens with one attached hydrogen (secondary N) is 1. The molecule has 3 rings (SSSR count). The number of amides is 2. The van der Waals surface area contributed by atoms with Gasteiger partial charge in [-0.2, -0.15) is 0 Å². The fourth-order valence-electron chi connectivity index (χ4n) is 3.82. The molecule has 1 heterocycles. The van der Waals surface area contributed by atoms with Crippen LogP contribution in [0.2, 0.25) is 0 Å². The molecule has 1 atom stereocenters. The number of carbonyl (C=O) groups excluding carboxylic acids is 2. The maximum Gasteiger partial charge on any atom is 0.335 e. The van der Waals surface area contributed by atoms with E-state index in [9.17, 15) is 19.5 Å². The second-order valence-corrected chi connectivity index (χ2v) is 8.99. The number of hydroxylamine groups is 1. The number of benzene rings is 2. The number of carboxylic acid groups (broad SMARTS) is 1. The van der Waals surface area contributed by atoms with Gasteiger partial charge in [-0.3, -0.25) is 14.8 Å². The number of carboxylic acids is 1. The summed E-state index contributed by atoms with van der Waals surface area (Å²) in [5.41, 5.74) is 3.07. The summed E-state index contributed by atoms with van der Waals surface area (Å²) in [4.78, 5) is 38.9. The SMILES string of the molecule is CCC1(CCCc2ccc(OC)cc2)Sc2ccc(C(=O)O)cc2N(CC(=O)NO)C1=O. The van der Waals surface area contributed by atoms with E-state index in [-0.39, 0.29) is 11.5 Å². The van der Waals surface area contributed by atoms with Crippen LogP contribution >= 0.6 is 11.8 Å². The van der Waals surface area contributed by atoms with Gasteiger partial charge in [-0.25, -0.2) is 10.3 Å². The summed E-state index contributed by atoms with van der Waals surface area (Å²) < 4.78 is 4.39. The number of rotatable bonds is 9. The Kier molecular flexibility index (Phi) is 7.42. The number of methoxy groups -OCH3 is 1. The zero-order chi connectivity index (χ0) is 23.3. The number of aryl methyl sites for hydroxylation is 1. The molecule has 0 saturated heterocycles. The van der Waals surface area contributed by atoms with Gasteiger partial charge in [0.1, 0.15) is 12.3 Å². The van der Waals surface area contributed by atoms with Gasteiger partial charge in [0.05, 0.1) is 23.1 Å². The third kappa shape index (κ3) is 4.89. The number of fused-ring (bicyclic) bond motifs is 1. The Balaban J connectivity index is 1.87. The van der Waals surface area contributed by atoms with Crippen LogP contribution in [0.15, 0.2) is 47.4 Å². The minimum absolute atomic E-state index is 0.0232. The predicted molar refractivity (Wildman–Crippen MR) is 120 cm³/mol. The summed E-state index contributed by atoms with van der Waals surface area (Å²) in [6.45, 7) is 1.53. The molecule has 8 nitrogen and oxygen atoms in total. The summed E-state index contributed by atoms with van der Waals surface area (Å²) in [5.74, 6) is -1.35. The average molecular weight is 459 g/mol. The minimum atomic E-state index is -1.12. The van der Waals surface area contributed by atoms with E-state index in [0.717, 1.165) is 29.1 Å². The first-order valence-corrected chi connectivity index (χ1v) is 11.1. The van der Waals surface area contributed by atoms with Crippen molar-refractivity contribution in [3.05, 3.63) is 53.6 Å². The van der Waals surface area contributed by atoms with Crippen LogP contribution in [-0.4, -0.2) is 46.5 Å². The van der Waals surface area contributed by atoms with Crippen LogP contribution in [-0.2, 0) is 16.0 Å². The number of thioether (sulfide) groups is 1. The smallest absolute Gasteiger partial charge is 0.335 e. The van der Waals surface area contributed by atoms with Crippen molar-refractivity contribution >= 4 is 35.2 Å². The number of nitrogens with zero attached hydrogens (tertiary/aromatic N) is 1. The van der Waals surface area contributed by atoms with E-state index >= 15 is 0 Å². The lowest BCUT2D eigenvalue weighted by molar-refractivity contribution is -0.130. The normalized spacial score (nSPS) is 17.6. The highest BCUT2D eigenvalue weighted by Crippen LogP contribution is 2.49. The van der Waals surface area contributed by atoms with Crippen molar-refractivity contribution in [2.45, 2.75) is 42.2 Å². The summed E-state index contributed by atoms with van der Waals surface area (Å²) in [6.07, 6.45) is 2.65. The van der Waals surface area contributed by atoms with Gasteiger partial charge in [-0.1, -0.05) is 19.1 Å². The highest BCUT2D eigenvalue weighted by atomic mass is 32.2. The first kappa shape index (κ1) is 23.6. The number of anilines is 1. The second kappa shape index (κ2) is 10.1. The van der Waals surface area contributed by atoms with Crippen molar-refractivity contribution in [2.24, 2.45) is 0 Å². The van der Waals surface area contributed by atoms with Crippen molar-refractivity contribution in [3.63, 3.8) is 0 Å². The molecule has 3 N–H and O–H groups in total. The molecule has 2 aromatic rings. The summed E-state index contributed by atoms with van der Waals surface area (Å²) >= 11 is 1.41. The second-order valence-electron chi connectivity index (χ2n) is 7.57. The molecular formula is C23H26N2O6S. The summed E-state index contributed by atoms with van der Waals surface area (Å²) in [6, 6.07) is 12.3. The third-order valence-corrected chi connectivity index (χ3v) is 7.26. The van der Waals surface area contributed by atoms with Gasteiger partial charge in [-0.05, 0) is 61.6 Å². The molecule has 0 fully saturated rings. The van der Waals surface area contributed by atoms with Crippen molar-refractivity contribution < 1.29 is 29.4 Å². The highest BCUT2D eigenvalue weighted by molar-refractivity contribution is 8.01. The standard InChI is InChI=1S/C23H26N2O6S/c1-3-23(12-4-5-15-6-9-17(31-2)10-7-15)22(29)25(14-20(26)24-30)18-13-16(21(27)28)8-11-19(18)32-23/h6-11,13,30H,3-5,12,14H2,1-2H3,(H,24,26)(H,27,28). The van der Waals surface area contributed by atoms with Crippen LogP contribution in [0.4, 0.5) is 5.69 Å². The van der Waals surface area contributed by atoms with Crippen LogP contribution in [0.5, 0.6) is 5.75 Å². The fourth-order valence-corrected chi connectivity index (χ4v) is 5.24. The van der Waals surface area contributed by atoms with Gasteiger partial charge >= 0.3 is 5.97 Å². The molecule has 0 bridgehead atoms. The lowest BCUT2D eigenvalue weighted by Crippen LogP contribution is -2.52. The zero-order valence-electron chi connectivity index (χ0n) is 18.0. The molecule has 2 aromatic carbocycles. The molecule has 0 radical (unpaired) electrons. The first-order chi connectivity index (χ1) is 15.3. The van der Waals surface area contributed by atoms with E-state index in [1.54, 1.807) is 18.7 Å². The van der Waals surface area contributed by atoms with E-state index in [1.165, 1.54) is 28.8 Å². The Morgan fingerprint density at radius 1 is 1.19 bits per heavy atom. The highest BCUT2D eigenvalue weighted by Gasteiger charge is 2.46. The monoisotopic (exact) mass is 458 g/mol. The molecule has 1 aliphatic heterocycles. The van der Waals surface area contributed by atoms with Crippen LogP contribution in [0.3, 0.4) is 0 Å². The molecular weight excluding hydrogens is 432 g/mol. The van der Waals surface area contributed by atoms with Crippen LogP contribution in [0.1, 0.15) is 42.1 Å². The maximum absolute atomic E-state index is 13.6. The quantitative estimate of drug-likeness (QED) is 0.389. The van der Waals surface area contributed by atoms with Gasteiger partial charge in [0.15, 0.2) is 0 Å². The van der Waals surface area contributed by atoms with Gasteiger partial charge in [0.2, 0.25) is 5.91 Å². The van der Waals surface area contributed by atoms with Crippen LogP contribution < -0.4 is 15.1 Å². The number of hydrogen-bond acceptors (Lipinski definition) is 6. The largest absolute Gasteiger partial charge is 0.497 e. The van der Waals surface area contributed by atoms with Crippen LogP contribution in [0, 0.1) is 0 Å². The predicted octanol–water partition coefficient (Wildman–Crippen LogP) is 3.51. The Labute approximate surface area is 190 Å². The molecule has 0 saturated carbocycles. The molecule has 0 spiro atoms. The van der Waals surface area contributed by atoms with Crippen molar-refractivity contribution in [3.8, 4) is 5.75 Å². The van der Waals surface area contributed by atoms with Gasteiger partial charge in [-0.15, -0.1) is 11.8 Å². The maximum atomic E-state index is 13.6. The van der Waals surface area contributed by atoms with E-state index in [2.05, 4.69) is 0 Å². The Morgan fingerprint density at radius 3 is 2.50 bits per heavy atom. The third-order valence-electron chi connectivity index (χ3n) is 5.64. The lowest BCUT2D eigenvalue weighted by Gasteiger charge is -2.41. The van der Waals surface area contributed by atoms with E-state index in [0.29, 0.717) is 18.5 Å². The number of ether oxygens (including phenoxy) is 1. The molecule has 9 heteroatoms. The fraction of sp³-hybridized carbons (Fsp3) is 0.348. The summed E-state index contributed by atoms with van der Waals surface area (Å²) in [7, 11) is 1.62. The van der Waals surface area contributed by atoms with Crippen molar-refractivity contribution in [1.82, 2.24) is 5.48 Å². The number of carbonyl (C=O) groups is 3. The average Bonchev–Trinajstić information content (AvgIpc) is 2.81. The topological polar surface area (TPSA) is 116 Å². The van der Waals surface area contributed by atoms with Gasteiger partial charge < -0.3 is 14.7 Å².